The summed E-state index contributed by atoms with van der Waals surface area (Å²) in [6.07, 6.45) is 0. The highest BCUT2D eigenvalue weighted by Crippen LogP contribution is 2.13. The van der Waals surface area contributed by atoms with Gasteiger partial charge in [-0.25, -0.2) is 13.1 Å². The average Bonchev–Trinajstić information content (AvgIpc) is 2.61. The Balaban J connectivity index is 1.92. The molecule has 0 aliphatic heterocycles. The van der Waals surface area contributed by atoms with E-state index in [1.807, 2.05) is 44.2 Å². The van der Waals surface area contributed by atoms with Crippen LogP contribution in [0.4, 0.5) is 0 Å². The quantitative estimate of drug-likeness (QED) is 0.718. The Kier molecular flexibility index (Phi) is 7.13. The Bertz CT molecular complexity index is 745. The molecule has 2 N–H and O–H groups in total. The van der Waals surface area contributed by atoms with Crippen LogP contribution in [-0.4, -0.2) is 32.8 Å². The number of nitrogens with one attached hydrogen (secondary N) is 1. The molecule has 0 saturated carbocycles. The first kappa shape index (κ1) is 19.6. The van der Waals surface area contributed by atoms with Gasteiger partial charge < -0.3 is 9.84 Å². The number of aliphatic hydroxyl groups is 1. The van der Waals surface area contributed by atoms with Crippen molar-refractivity contribution < 1.29 is 18.3 Å². The number of aryl methyl sites for hydroxylation is 1. The van der Waals surface area contributed by atoms with Crippen LogP contribution in [0.15, 0.2) is 59.5 Å². The van der Waals surface area contributed by atoms with Gasteiger partial charge in [0.05, 0.1) is 24.7 Å². The van der Waals surface area contributed by atoms with Gasteiger partial charge in [-0.15, -0.1) is 0 Å². The molecule has 5 nitrogen and oxygen atoms in total. The highest BCUT2D eigenvalue weighted by atomic mass is 32.2. The highest BCUT2D eigenvalue weighted by Gasteiger charge is 2.24. The lowest BCUT2D eigenvalue weighted by atomic mass is 10.1. The number of ether oxygens (including phenoxy) is 1. The topological polar surface area (TPSA) is 75.6 Å². The first-order valence-electron chi connectivity index (χ1n) is 8.24. The Labute approximate surface area is 149 Å². The maximum atomic E-state index is 12.4. The monoisotopic (exact) mass is 363 g/mol. The maximum Gasteiger partial charge on any atom is 0.240 e. The molecule has 0 amide bonds. The standard InChI is InChI=1S/C19H25NO4S/c1-15-8-10-18(11-9-15)25(22,23)20-19(12-21)16(2)13-24-14-17-6-4-3-5-7-17/h3-11,16,19-21H,12-14H2,1-2H3/t16-,19+/m0/s1. The van der Waals surface area contributed by atoms with Crippen LogP contribution in [0, 0.1) is 12.8 Å². The largest absolute Gasteiger partial charge is 0.395 e. The van der Waals surface area contributed by atoms with E-state index in [-0.39, 0.29) is 17.4 Å². The molecule has 0 unspecified atom stereocenters. The molecule has 136 valence electrons. The molecule has 6 heteroatoms. The van der Waals surface area contributed by atoms with E-state index in [2.05, 4.69) is 4.72 Å². The minimum absolute atomic E-state index is 0.172. The van der Waals surface area contributed by atoms with Gasteiger partial charge in [0.15, 0.2) is 0 Å². The van der Waals surface area contributed by atoms with Crippen molar-refractivity contribution in [3.8, 4) is 0 Å². The van der Waals surface area contributed by atoms with Crippen molar-refractivity contribution in [2.24, 2.45) is 5.92 Å². The second kappa shape index (κ2) is 9.10. The molecule has 2 atom stereocenters. The van der Waals surface area contributed by atoms with E-state index in [0.29, 0.717) is 13.2 Å². The molecule has 0 aliphatic carbocycles. The van der Waals surface area contributed by atoms with Gasteiger partial charge in [-0.1, -0.05) is 55.0 Å². The number of benzene rings is 2. The van der Waals surface area contributed by atoms with Crippen molar-refractivity contribution in [3.05, 3.63) is 65.7 Å². The average molecular weight is 363 g/mol. The van der Waals surface area contributed by atoms with Crippen molar-refractivity contribution in [2.45, 2.75) is 31.4 Å². The second-order valence-corrected chi connectivity index (χ2v) is 7.92. The smallest absolute Gasteiger partial charge is 0.240 e. The predicted molar refractivity (Wildman–Crippen MR) is 97.6 cm³/mol. The lowest BCUT2D eigenvalue weighted by Gasteiger charge is -2.23. The molecule has 0 saturated heterocycles. The first-order valence-corrected chi connectivity index (χ1v) is 9.72. The van der Waals surface area contributed by atoms with Gasteiger partial charge in [-0.05, 0) is 30.5 Å². The summed E-state index contributed by atoms with van der Waals surface area (Å²) >= 11 is 0. The first-order chi connectivity index (χ1) is 11.9. The number of rotatable bonds is 9. The van der Waals surface area contributed by atoms with Gasteiger partial charge in [0, 0.05) is 6.04 Å². The fraction of sp³-hybridized carbons (Fsp3) is 0.368. The van der Waals surface area contributed by atoms with Crippen molar-refractivity contribution in [3.63, 3.8) is 0 Å². The normalized spacial score (nSPS) is 14.2. The van der Waals surface area contributed by atoms with Crippen LogP contribution >= 0.6 is 0 Å². The molecule has 0 aromatic heterocycles. The van der Waals surface area contributed by atoms with E-state index in [9.17, 15) is 13.5 Å². The zero-order chi connectivity index (χ0) is 18.3. The molecule has 0 fully saturated rings. The summed E-state index contributed by atoms with van der Waals surface area (Å²) in [6.45, 7) is 4.25. The van der Waals surface area contributed by atoms with Crippen LogP contribution in [0.1, 0.15) is 18.1 Å². The Morgan fingerprint density at radius 2 is 1.72 bits per heavy atom. The van der Waals surface area contributed by atoms with Crippen molar-refractivity contribution >= 4 is 10.0 Å². The minimum atomic E-state index is -3.68. The summed E-state index contributed by atoms with van der Waals surface area (Å²) in [4.78, 5) is 0.189. The highest BCUT2D eigenvalue weighted by molar-refractivity contribution is 7.89. The second-order valence-electron chi connectivity index (χ2n) is 6.20. The minimum Gasteiger partial charge on any atom is -0.395 e. The molecular formula is C19H25NO4S. The molecule has 0 heterocycles. The predicted octanol–water partition coefficient (Wildman–Crippen LogP) is 2.49. The van der Waals surface area contributed by atoms with Crippen molar-refractivity contribution in [2.75, 3.05) is 13.2 Å². The maximum absolute atomic E-state index is 12.4. The summed E-state index contributed by atoms with van der Waals surface area (Å²) in [6, 6.07) is 15.7. The molecule has 0 bridgehead atoms. The number of hydrogen-bond acceptors (Lipinski definition) is 4. The third kappa shape index (κ3) is 5.93. The van der Waals surface area contributed by atoms with E-state index >= 15 is 0 Å². The van der Waals surface area contributed by atoms with Crippen LogP contribution in [0.2, 0.25) is 0 Å². The summed E-state index contributed by atoms with van der Waals surface area (Å²) in [7, 11) is -3.68. The summed E-state index contributed by atoms with van der Waals surface area (Å²) in [5, 5.41) is 9.58. The molecule has 0 spiro atoms. The number of sulfonamides is 1. The van der Waals surface area contributed by atoms with Crippen LogP contribution in [-0.2, 0) is 21.4 Å². The molecule has 2 aromatic carbocycles. The summed E-state index contributed by atoms with van der Waals surface area (Å²) in [5.74, 6) is -0.172. The van der Waals surface area contributed by atoms with E-state index in [1.165, 1.54) is 0 Å². The zero-order valence-corrected chi connectivity index (χ0v) is 15.4. The van der Waals surface area contributed by atoms with Crippen LogP contribution < -0.4 is 4.72 Å². The zero-order valence-electron chi connectivity index (χ0n) is 14.6. The third-order valence-corrected chi connectivity index (χ3v) is 5.52. The number of aliphatic hydroxyl groups excluding tert-OH is 1. The third-order valence-electron chi connectivity index (χ3n) is 4.01. The van der Waals surface area contributed by atoms with E-state index in [1.54, 1.807) is 24.3 Å². The summed E-state index contributed by atoms with van der Waals surface area (Å²) in [5.41, 5.74) is 2.04. The van der Waals surface area contributed by atoms with E-state index in [4.69, 9.17) is 4.74 Å². The van der Waals surface area contributed by atoms with Gasteiger partial charge in [0.25, 0.3) is 0 Å². The van der Waals surface area contributed by atoms with Gasteiger partial charge in [0.2, 0.25) is 10.0 Å². The molecule has 0 radical (unpaired) electrons. The van der Waals surface area contributed by atoms with Gasteiger partial charge >= 0.3 is 0 Å². The number of hydrogen-bond donors (Lipinski definition) is 2. The summed E-state index contributed by atoms with van der Waals surface area (Å²) < 4.78 is 33.1. The van der Waals surface area contributed by atoms with E-state index in [0.717, 1.165) is 11.1 Å². The molecule has 2 rings (SSSR count). The lowest BCUT2D eigenvalue weighted by Crippen LogP contribution is -2.43. The molecule has 25 heavy (non-hydrogen) atoms. The Hall–Kier alpha value is -1.73. The fourth-order valence-electron chi connectivity index (χ4n) is 2.37. The SMILES string of the molecule is Cc1ccc(S(=O)(=O)N[C@H](CO)[C@@H](C)COCc2ccccc2)cc1. The van der Waals surface area contributed by atoms with Crippen molar-refractivity contribution in [1.29, 1.82) is 0 Å². The van der Waals surface area contributed by atoms with Crippen LogP contribution in [0.25, 0.3) is 0 Å². The van der Waals surface area contributed by atoms with Gasteiger partial charge in [0.1, 0.15) is 0 Å². The lowest BCUT2D eigenvalue weighted by molar-refractivity contribution is 0.0718. The Morgan fingerprint density at radius 3 is 2.32 bits per heavy atom. The molecule has 0 aliphatic rings. The molecule has 2 aromatic rings. The van der Waals surface area contributed by atoms with E-state index < -0.39 is 16.1 Å². The molecular weight excluding hydrogens is 338 g/mol. The van der Waals surface area contributed by atoms with Gasteiger partial charge in [-0.3, -0.25) is 0 Å². The Morgan fingerprint density at radius 1 is 1.08 bits per heavy atom. The van der Waals surface area contributed by atoms with Crippen molar-refractivity contribution in [1.82, 2.24) is 4.72 Å². The fourth-order valence-corrected chi connectivity index (χ4v) is 3.71. The van der Waals surface area contributed by atoms with Crippen LogP contribution in [0.3, 0.4) is 0 Å². The van der Waals surface area contributed by atoms with Gasteiger partial charge in [-0.2, -0.15) is 0 Å². The van der Waals surface area contributed by atoms with Crippen LogP contribution in [0.5, 0.6) is 0 Å².